The van der Waals surface area contributed by atoms with Gasteiger partial charge in [-0.05, 0) is 49.4 Å². The lowest BCUT2D eigenvalue weighted by molar-refractivity contribution is 0.102. The molecule has 1 unspecified atom stereocenters. The van der Waals surface area contributed by atoms with Crippen molar-refractivity contribution < 1.29 is 4.79 Å². The zero-order valence-electron chi connectivity index (χ0n) is 18.4. The number of amides is 1. The minimum atomic E-state index is -0.260. The van der Waals surface area contributed by atoms with Crippen molar-refractivity contribution in [2.24, 2.45) is 5.73 Å². The molecule has 0 saturated carbocycles. The van der Waals surface area contributed by atoms with Gasteiger partial charge in [0.15, 0.2) is 0 Å². The normalized spacial score (nSPS) is 11.7. The summed E-state index contributed by atoms with van der Waals surface area (Å²) < 4.78 is 0. The quantitative estimate of drug-likeness (QED) is 0.369. The molecule has 0 fully saturated rings. The molecule has 32 heavy (non-hydrogen) atoms. The number of hydrogen-bond acceptors (Lipinski definition) is 6. The first kappa shape index (κ1) is 22.9. The third-order valence-electron chi connectivity index (χ3n) is 5.28. The smallest absolute Gasteiger partial charge is 0.255 e. The van der Waals surface area contributed by atoms with Gasteiger partial charge in [0.2, 0.25) is 0 Å². The summed E-state index contributed by atoms with van der Waals surface area (Å²) in [5.74, 6) is -0.260. The number of carbonyl (C=O) groups excluding carboxylic acids is 1. The maximum atomic E-state index is 12.5. The van der Waals surface area contributed by atoms with Crippen LogP contribution in [0, 0.1) is 11.3 Å². The molecule has 0 saturated heterocycles. The van der Waals surface area contributed by atoms with Crippen molar-refractivity contribution in [3.63, 3.8) is 0 Å². The average molecular weight is 429 g/mol. The molecule has 7 heteroatoms. The molecule has 1 amide bonds. The van der Waals surface area contributed by atoms with Crippen LogP contribution in [0.3, 0.4) is 0 Å². The fourth-order valence-electron chi connectivity index (χ4n) is 3.42. The van der Waals surface area contributed by atoms with Gasteiger partial charge < -0.3 is 16.8 Å². The lowest BCUT2D eigenvalue weighted by atomic mass is 10.0. The number of aromatic nitrogens is 1. The summed E-state index contributed by atoms with van der Waals surface area (Å²) in [6.45, 7) is 2.72. The molecule has 0 radical (unpaired) electrons. The van der Waals surface area contributed by atoms with Crippen LogP contribution >= 0.6 is 0 Å². The summed E-state index contributed by atoms with van der Waals surface area (Å²) in [5.41, 5.74) is 16.4. The van der Waals surface area contributed by atoms with Crippen LogP contribution < -0.4 is 16.8 Å². The summed E-state index contributed by atoms with van der Waals surface area (Å²) in [6.07, 6.45) is 3.66. The summed E-state index contributed by atoms with van der Waals surface area (Å²) in [7, 11) is 1.97. The molecule has 0 aliphatic carbocycles. The van der Waals surface area contributed by atoms with Gasteiger partial charge in [-0.15, -0.1) is 0 Å². The Balaban J connectivity index is 1.76. The van der Waals surface area contributed by atoms with Crippen molar-refractivity contribution in [3.05, 3.63) is 77.5 Å². The van der Waals surface area contributed by atoms with Crippen LogP contribution in [0.2, 0.25) is 0 Å². The van der Waals surface area contributed by atoms with E-state index in [0.717, 1.165) is 24.0 Å². The largest absolute Gasteiger partial charge is 0.397 e. The molecule has 164 valence electrons. The van der Waals surface area contributed by atoms with Crippen molar-refractivity contribution >= 4 is 17.3 Å². The molecular formula is C25H28N6O. The van der Waals surface area contributed by atoms with Crippen molar-refractivity contribution in [2.75, 3.05) is 18.1 Å². The molecule has 1 heterocycles. The van der Waals surface area contributed by atoms with Crippen LogP contribution in [0.5, 0.6) is 0 Å². The predicted octanol–water partition coefficient (Wildman–Crippen LogP) is 3.97. The van der Waals surface area contributed by atoms with E-state index in [1.807, 2.05) is 30.1 Å². The van der Waals surface area contributed by atoms with Crippen LogP contribution in [-0.4, -0.2) is 29.0 Å². The number of nitriles is 1. The fraction of sp³-hybridized carbons (Fsp3) is 0.240. The number of benzene rings is 2. The first-order valence-electron chi connectivity index (χ1n) is 10.5. The van der Waals surface area contributed by atoms with Gasteiger partial charge in [0, 0.05) is 23.9 Å². The van der Waals surface area contributed by atoms with Crippen molar-refractivity contribution in [2.45, 2.75) is 32.5 Å². The van der Waals surface area contributed by atoms with Crippen molar-refractivity contribution in [1.29, 1.82) is 5.26 Å². The summed E-state index contributed by atoms with van der Waals surface area (Å²) in [5, 5.41) is 12.5. The Labute approximate surface area is 188 Å². The van der Waals surface area contributed by atoms with Gasteiger partial charge in [0.25, 0.3) is 5.91 Å². The zero-order valence-corrected chi connectivity index (χ0v) is 18.4. The van der Waals surface area contributed by atoms with E-state index in [2.05, 4.69) is 23.3 Å². The van der Waals surface area contributed by atoms with E-state index < -0.39 is 0 Å². The Morgan fingerprint density at radius 3 is 2.59 bits per heavy atom. The highest BCUT2D eigenvalue weighted by molar-refractivity contribution is 6.05. The summed E-state index contributed by atoms with van der Waals surface area (Å²) in [6, 6.07) is 18.2. The van der Waals surface area contributed by atoms with Crippen molar-refractivity contribution in [1.82, 2.24) is 9.88 Å². The second-order valence-corrected chi connectivity index (χ2v) is 7.74. The lowest BCUT2D eigenvalue weighted by Crippen LogP contribution is -2.38. The molecule has 3 aromatic rings. The molecule has 3 rings (SSSR count). The minimum absolute atomic E-state index is 0.0323. The molecular weight excluding hydrogens is 400 g/mol. The second-order valence-electron chi connectivity index (χ2n) is 7.74. The van der Waals surface area contributed by atoms with Crippen LogP contribution in [0.1, 0.15) is 41.3 Å². The third kappa shape index (κ3) is 5.49. The topological polar surface area (TPSA) is 121 Å². The van der Waals surface area contributed by atoms with E-state index in [-0.39, 0.29) is 12.1 Å². The molecule has 0 aliphatic rings. The molecule has 7 nitrogen and oxygen atoms in total. The first-order chi connectivity index (χ1) is 15.4. The Morgan fingerprint density at radius 1 is 1.22 bits per heavy atom. The zero-order chi connectivity index (χ0) is 23.1. The Hall–Kier alpha value is -3.73. The third-order valence-corrected chi connectivity index (χ3v) is 5.28. The summed E-state index contributed by atoms with van der Waals surface area (Å²) in [4.78, 5) is 19.1. The monoisotopic (exact) mass is 428 g/mol. The molecule has 0 spiro atoms. The highest BCUT2D eigenvalue weighted by atomic mass is 16.1. The number of nitrogen functional groups attached to an aromatic ring is 1. The number of rotatable bonds is 8. The fourth-order valence-corrected chi connectivity index (χ4v) is 3.42. The number of carbonyl (C=O) groups is 1. The van der Waals surface area contributed by atoms with Gasteiger partial charge in [0.05, 0.1) is 28.8 Å². The van der Waals surface area contributed by atoms with Crippen LogP contribution in [0.25, 0.3) is 11.3 Å². The molecule has 5 N–H and O–H groups in total. The van der Waals surface area contributed by atoms with Gasteiger partial charge >= 0.3 is 0 Å². The number of pyridine rings is 1. The summed E-state index contributed by atoms with van der Waals surface area (Å²) >= 11 is 0. The van der Waals surface area contributed by atoms with Crippen LogP contribution in [0.4, 0.5) is 11.4 Å². The SMILES string of the molecule is CCCC(N)N(C)Cc1cnc(-c2ccc(C(=O)Nc3ccccc3N)cc2)c(C#N)c1. The standard InChI is InChI=1S/C25H28N6O/c1-3-6-23(28)31(2)16-17-13-20(14-26)24(29-15-17)18-9-11-19(12-10-18)25(32)30-22-8-5-4-7-21(22)27/h4-5,7-13,15,23H,3,6,16,27-28H2,1-2H3,(H,30,32). The highest BCUT2D eigenvalue weighted by Crippen LogP contribution is 2.24. The van der Waals surface area contributed by atoms with E-state index in [9.17, 15) is 10.1 Å². The molecule has 1 aromatic heterocycles. The van der Waals surface area contributed by atoms with Gasteiger partial charge in [-0.1, -0.05) is 37.6 Å². The number of hydrogen-bond donors (Lipinski definition) is 3. The van der Waals surface area contributed by atoms with Crippen molar-refractivity contribution in [3.8, 4) is 17.3 Å². The van der Waals surface area contributed by atoms with E-state index >= 15 is 0 Å². The molecule has 2 aromatic carbocycles. The van der Waals surface area contributed by atoms with Gasteiger partial charge in [0.1, 0.15) is 6.07 Å². The van der Waals surface area contributed by atoms with E-state index in [4.69, 9.17) is 11.5 Å². The van der Waals surface area contributed by atoms with Gasteiger partial charge in [-0.2, -0.15) is 5.26 Å². The predicted molar refractivity (Wildman–Crippen MR) is 128 cm³/mol. The molecule has 0 bridgehead atoms. The lowest BCUT2D eigenvalue weighted by Gasteiger charge is -2.24. The molecule has 0 aliphatic heterocycles. The van der Waals surface area contributed by atoms with Gasteiger partial charge in [-0.25, -0.2) is 0 Å². The van der Waals surface area contributed by atoms with Gasteiger partial charge in [-0.3, -0.25) is 14.7 Å². The first-order valence-corrected chi connectivity index (χ1v) is 10.5. The van der Waals surface area contributed by atoms with Crippen LogP contribution in [-0.2, 0) is 6.54 Å². The van der Waals surface area contributed by atoms with E-state index in [1.54, 1.807) is 42.6 Å². The highest BCUT2D eigenvalue weighted by Gasteiger charge is 2.14. The maximum Gasteiger partial charge on any atom is 0.255 e. The Bertz CT molecular complexity index is 1120. The van der Waals surface area contributed by atoms with E-state index in [0.29, 0.717) is 34.7 Å². The number of nitrogens with two attached hydrogens (primary N) is 2. The number of nitrogens with zero attached hydrogens (tertiary/aromatic N) is 3. The maximum absolute atomic E-state index is 12.5. The second kappa shape index (κ2) is 10.5. The van der Waals surface area contributed by atoms with E-state index in [1.165, 1.54) is 0 Å². The van der Waals surface area contributed by atoms with Crippen LogP contribution in [0.15, 0.2) is 60.8 Å². The average Bonchev–Trinajstić information content (AvgIpc) is 2.80. The number of nitrogens with one attached hydrogen (secondary N) is 1. The number of anilines is 2. The Morgan fingerprint density at radius 2 is 1.94 bits per heavy atom. The molecule has 1 atom stereocenters. The number of para-hydroxylation sites is 2. The Kier molecular flexibility index (Phi) is 7.55. The minimum Gasteiger partial charge on any atom is -0.397 e.